The highest BCUT2D eigenvalue weighted by atomic mass is 16.5. The minimum atomic E-state index is 0.00662. The van der Waals surface area contributed by atoms with E-state index in [0.29, 0.717) is 36.4 Å². The first-order valence-corrected chi connectivity index (χ1v) is 7.02. The van der Waals surface area contributed by atoms with Crippen LogP contribution in [0.15, 0.2) is 15.1 Å². The summed E-state index contributed by atoms with van der Waals surface area (Å²) >= 11 is 0. The molecule has 0 fully saturated rings. The first-order chi connectivity index (χ1) is 10.0. The summed E-state index contributed by atoms with van der Waals surface area (Å²) in [4.78, 5) is 17.0. The zero-order chi connectivity index (χ0) is 15.4. The van der Waals surface area contributed by atoms with Gasteiger partial charge in [-0.3, -0.25) is 4.79 Å². The van der Waals surface area contributed by atoms with Crippen LogP contribution in [0.1, 0.15) is 44.6 Å². The molecule has 2 aromatic heterocycles. The highest BCUT2D eigenvalue weighted by Crippen LogP contribution is 2.24. The summed E-state index contributed by atoms with van der Waals surface area (Å²) in [5.41, 5.74) is 0.878. The SMILES string of the molecule is CC[C@@H](C)c1cc(-c2nc(CCN(C)C(C)=O)no2)on1. The quantitative estimate of drug-likeness (QED) is 0.811. The lowest BCUT2D eigenvalue weighted by molar-refractivity contribution is -0.127. The van der Waals surface area contributed by atoms with Crippen LogP contribution in [0.4, 0.5) is 0 Å². The van der Waals surface area contributed by atoms with Crippen LogP contribution in [0.3, 0.4) is 0 Å². The Morgan fingerprint density at radius 3 is 2.81 bits per heavy atom. The Morgan fingerprint density at radius 1 is 1.38 bits per heavy atom. The van der Waals surface area contributed by atoms with E-state index in [-0.39, 0.29) is 5.91 Å². The van der Waals surface area contributed by atoms with E-state index in [1.54, 1.807) is 11.9 Å². The molecule has 7 nitrogen and oxygen atoms in total. The molecule has 114 valence electrons. The molecule has 0 aliphatic carbocycles. The van der Waals surface area contributed by atoms with Gasteiger partial charge in [0, 0.05) is 38.9 Å². The molecule has 2 aromatic rings. The molecule has 0 saturated heterocycles. The number of hydrogen-bond donors (Lipinski definition) is 0. The Labute approximate surface area is 123 Å². The van der Waals surface area contributed by atoms with Crippen molar-refractivity contribution in [2.75, 3.05) is 13.6 Å². The molecular weight excluding hydrogens is 272 g/mol. The third-order valence-corrected chi connectivity index (χ3v) is 3.53. The molecule has 0 aromatic carbocycles. The van der Waals surface area contributed by atoms with Crippen LogP contribution in [0.2, 0.25) is 0 Å². The topological polar surface area (TPSA) is 85.3 Å². The van der Waals surface area contributed by atoms with E-state index >= 15 is 0 Å². The van der Waals surface area contributed by atoms with E-state index in [2.05, 4.69) is 29.1 Å². The Kier molecular flexibility index (Phi) is 4.72. The molecule has 1 amide bonds. The molecule has 0 aliphatic rings. The van der Waals surface area contributed by atoms with Gasteiger partial charge in [0.05, 0.1) is 5.69 Å². The minimum absolute atomic E-state index is 0.00662. The molecule has 2 heterocycles. The molecule has 21 heavy (non-hydrogen) atoms. The fourth-order valence-electron chi connectivity index (χ4n) is 1.71. The van der Waals surface area contributed by atoms with E-state index in [1.807, 2.05) is 6.07 Å². The highest BCUT2D eigenvalue weighted by Gasteiger charge is 2.17. The zero-order valence-electron chi connectivity index (χ0n) is 12.8. The van der Waals surface area contributed by atoms with Gasteiger partial charge in [-0.25, -0.2) is 0 Å². The highest BCUT2D eigenvalue weighted by molar-refractivity contribution is 5.72. The van der Waals surface area contributed by atoms with Gasteiger partial charge in [0.2, 0.25) is 11.7 Å². The van der Waals surface area contributed by atoms with Gasteiger partial charge in [-0.2, -0.15) is 4.98 Å². The van der Waals surface area contributed by atoms with E-state index in [0.717, 1.165) is 12.1 Å². The van der Waals surface area contributed by atoms with Crippen molar-refractivity contribution in [3.05, 3.63) is 17.6 Å². The monoisotopic (exact) mass is 292 g/mol. The van der Waals surface area contributed by atoms with Crippen LogP contribution >= 0.6 is 0 Å². The molecule has 1 atom stereocenters. The van der Waals surface area contributed by atoms with E-state index < -0.39 is 0 Å². The van der Waals surface area contributed by atoms with Crippen LogP contribution in [0.5, 0.6) is 0 Å². The third kappa shape index (κ3) is 3.68. The van der Waals surface area contributed by atoms with E-state index in [4.69, 9.17) is 9.05 Å². The average Bonchev–Trinajstić information content (AvgIpc) is 3.12. The summed E-state index contributed by atoms with van der Waals surface area (Å²) in [6.07, 6.45) is 1.52. The number of likely N-dealkylation sites (N-methyl/N-ethyl adjacent to an activating group) is 1. The molecule has 0 bridgehead atoms. The lowest BCUT2D eigenvalue weighted by atomic mass is 10.1. The first kappa shape index (κ1) is 15.2. The summed E-state index contributed by atoms with van der Waals surface area (Å²) in [7, 11) is 1.73. The number of carbonyl (C=O) groups excluding carboxylic acids is 1. The fourth-order valence-corrected chi connectivity index (χ4v) is 1.71. The Hall–Kier alpha value is -2.18. The van der Waals surface area contributed by atoms with Crippen LogP contribution in [-0.4, -0.2) is 39.7 Å². The van der Waals surface area contributed by atoms with Gasteiger partial charge in [-0.1, -0.05) is 24.2 Å². The van der Waals surface area contributed by atoms with Gasteiger partial charge in [0.1, 0.15) is 0 Å². The zero-order valence-corrected chi connectivity index (χ0v) is 12.8. The molecule has 0 N–H and O–H groups in total. The number of carbonyl (C=O) groups is 1. The molecule has 2 rings (SSSR count). The van der Waals surface area contributed by atoms with Gasteiger partial charge < -0.3 is 13.9 Å². The normalized spacial score (nSPS) is 12.4. The number of hydrogen-bond acceptors (Lipinski definition) is 6. The van der Waals surface area contributed by atoms with Crippen LogP contribution < -0.4 is 0 Å². The Bertz CT molecular complexity index is 605. The largest absolute Gasteiger partial charge is 0.351 e. The summed E-state index contributed by atoms with van der Waals surface area (Å²) in [5.74, 6) is 1.67. The number of aromatic nitrogens is 3. The predicted molar refractivity (Wildman–Crippen MR) is 75.5 cm³/mol. The average molecular weight is 292 g/mol. The van der Waals surface area contributed by atoms with Gasteiger partial charge in [-0.05, 0) is 6.42 Å². The second-order valence-electron chi connectivity index (χ2n) is 5.13. The maximum Gasteiger partial charge on any atom is 0.296 e. The number of rotatable bonds is 6. The molecule has 0 saturated carbocycles. The van der Waals surface area contributed by atoms with Crippen molar-refractivity contribution in [3.63, 3.8) is 0 Å². The summed E-state index contributed by atoms with van der Waals surface area (Å²) in [5, 5.41) is 7.90. The lowest BCUT2D eigenvalue weighted by Gasteiger charge is -2.12. The van der Waals surface area contributed by atoms with Crippen LogP contribution in [0.25, 0.3) is 11.7 Å². The third-order valence-electron chi connectivity index (χ3n) is 3.53. The number of nitrogens with zero attached hydrogens (tertiary/aromatic N) is 4. The maximum atomic E-state index is 11.1. The van der Waals surface area contributed by atoms with Crippen LogP contribution in [0, 0.1) is 0 Å². The van der Waals surface area contributed by atoms with E-state index in [1.165, 1.54) is 6.92 Å². The summed E-state index contributed by atoms with van der Waals surface area (Å²) < 4.78 is 10.4. The second-order valence-corrected chi connectivity index (χ2v) is 5.13. The first-order valence-electron chi connectivity index (χ1n) is 7.02. The van der Waals surface area contributed by atoms with Gasteiger partial charge >= 0.3 is 0 Å². The Morgan fingerprint density at radius 2 is 2.14 bits per heavy atom. The van der Waals surface area contributed by atoms with Crippen molar-refractivity contribution in [2.45, 2.75) is 39.5 Å². The standard InChI is InChI=1S/C14H20N4O3/c1-5-9(2)11-8-12(20-16-11)14-15-13(17-21-14)6-7-18(4)10(3)19/h8-9H,5-7H2,1-4H3/t9-/m1/s1. The van der Waals surface area contributed by atoms with Crippen molar-refractivity contribution in [1.29, 1.82) is 0 Å². The molecule has 0 aliphatic heterocycles. The van der Waals surface area contributed by atoms with Crippen LogP contribution in [-0.2, 0) is 11.2 Å². The van der Waals surface area contributed by atoms with E-state index in [9.17, 15) is 4.79 Å². The fraction of sp³-hybridized carbons (Fsp3) is 0.571. The Balaban J connectivity index is 2.02. The second kappa shape index (κ2) is 6.51. The lowest BCUT2D eigenvalue weighted by Crippen LogP contribution is -2.26. The maximum absolute atomic E-state index is 11.1. The van der Waals surface area contributed by atoms with Crippen molar-refractivity contribution in [1.82, 2.24) is 20.2 Å². The summed E-state index contributed by atoms with van der Waals surface area (Å²) in [6.45, 7) is 6.24. The van der Waals surface area contributed by atoms with Crippen molar-refractivity contribution < 1.29 is 13.8 Å². The molecular formula is C14H20N4O3. The van der Waals surface area contributed by atoms with Gasteiger partial charge in [0.25, 0.3) is 5.89 Å². The van der Waals surface area contributed by atoms with Crippen molar-refractivity contribution in [3.8, 4) is 11.7 Å². The minimum Gasteiger partial charge on any atom is -0.351 e. The number of amides is 1. The molecule has 0 radical (unpaired) electrons. The van der Waals surface area contributed by atoms with Crippen molar-refractivity contribution in [2.24, 2.45) is 0 Å². The predicted octanol–water partition coefficient (Wildman–Crippen LogP) is 2.26. The van der Waals surface area contributed by atoms with Gasteiger partial charge in [-0.15, -0.1) is 0 Å². The summed E-state index contributed by atoms with van der Waals surface area (Å²) in [6, 6.07) is 1.83. The molecule has 7 heteroatoms. The molecule has 0 unspecified atom stereocenters. The van der Waals surface area contributed by atoms with Gasteiger partial charge in [0.15, 0.2) is 5.82 Å². The smallest absolute Gasteiger partial charge is 0.296 e. The molecule has 0 spiro atoms. The van der Waals surface area contributed by atoms with Crippen molar-refractivity contribution >= 4 is 5.91 Å².